The number of carbonyl (C=O) groups is 2. The van der Waals surface area contributed by atoms with E-state index in [-0.39, 0.29) is 36.5 Å². The largest absolute Gasteiger partial charge is 0.340 e. The van der Waals surface area contributed by atoms with Gasteiger partial charge in [0.05, 0.1) is 34.8 Å². The van der Waals surface area contributed by atoms with Gasteiger partial charge in [-0.25, -0.2) is 18.7 Å². The molecule has 6 heterocycles. The van der Waals surface area contributed by atoms with Crippen molar-refractivity contribution in [3.63, 3.8) is 0 Å². The van der Waals surface area contributed by atoms with Gasteiger partial charge in [0.2, 0.25) is 5.91 Å². The number of halogens is 2. The van der Waals surface area contributed by atoms with Crippen LogP contribution >= 0.6 is 0 Å². The summed E-state index contributed by atoms with van der Waals surface area (Å²) in [6.07, 6.45) is 12.4. The van der Waals surface area contributed by atoms with Crippen molar-refractivity contribution < 1.29 is 18.4 Å². The molecule has 52 heavy (non-hydrogen) atoms. The molecule has 3 aliphatic heterocycles. The number of hydrogen-bond acceptors (Lipinski definition) is 7. The highest BCUT2D eigenvalue weighted by atomic mass is 19.1. The Balaban J connectivity index is 1.09. The number of anilines is 3. The van der Waals surface area contributed by atoms with Crippen LogP contribution < -0.4 is 10.2 Å². The first-order valence-corrected chi connectivity index (χ1v) is 19.1. The van der Waals surface area contributed by atoms with Gasteiger partial charge in [0.25, 0.3) is 5.91 Å². The van der Waals surface area contributed by atoms with E-state index >= 15 is 4.39 Å². The van der Waals surface area contributed by atoms with Crippen LogP contribution in [0.2, 0.25) is 0 Å². The van der Waals surface area contributed by atoms with Crippen LogP contribution in [-0.2, 0) is 15.0 Å². The SMILES string of the molecule is CC(C)n1cnc2cc(-c3ccc4c(c3)N([C@H]3C[C@@H](N5CCCCC5)C3)C(=O)C43CCN(C(=O)C4(F)CCC4)CC3)nc(Nc3ccncc3F)c21. The molecule has 0 unspecified atom stereocenters. The number of nitrogens with one attached hydrogen (secondary N) is 1. The van der Waals surface area contributed by atoms with Crippen molar-refractivity contribution in [2.75, 3.05) is 36.4 Å². The van der Waals surface area contributed by atoms with Gasteiger partial charge in [-0.05, 0) is 108 Å². The van der Waals surface area contributed by atoms with E-state index in [0.29, 0.717) is 43.5 Å². The summed E-state index contributed by atoms with van der Waals surface area (Å²) >= 11 is 0. The zero-order valence-electron chi connectivity index (χ0n) is 30.0. The number of likely N-dealkylation sites (tertiary alicyclic amines) is 2. The number of benzene rings is 1. The van der Waals surface area contributed by atoms with Gasteiger partial charge in [-0.3, -0.25) is 14.6 Å². The lowest BCUT2D eigenvalue weighted by Gasteiger charge is -2.48. The van der Waals surface area contributed by atoms with E-state index in [1.54, 1.807) is 17.3 Å². The van der Waals surface area contributed by atoms with Crippen molar-refractivity contribution in [2.45, 2.75) is 107 Å². The van der Waals surface area contributed by atoms with Crippen LogP contribution in [-0.4, -0.2) is 85.1 Å². The molecule has 3 aromatic heterocycles. The van der Waals surface area contributed by atoms with E-state index in [4.69, 9.17) is 9.97 Å². The van der Waals surface area contributed by atoms with E-state index in [1.165, 1.54) is 31.7 Å². The predicted molar refractivity (Wildman–Crippen MR) is 196 cm³/mol. The summed E-state index contributed by atoms with van der Waals surface area (Å²) in [6.45, 7) is 7.10. The standard InChI is InChI=1S/C40H46F2N8O2/c1-25(2)49-24-44-33-22-32(46-36(35(33)49)45-31-9-14-43-23-30(31)41)26-7-8-29-34(19-26)50(28-20-27(21-28)47-15-4-3-5-16-47)37(51)39(29)12-17-48(18-13-39)38(52)40(42)10-6-11-40/h7-9,14,19,22-25,27-28H,3-6,10-13,15-18,20-21H2,1-2H3,(H,43,45,46)/t27-,28+. The third-order valence-electron chi connectivity index (χ3n) is 12.6. The van der Waals surface area contributed by atoms with Crippen molar-refractivity contribution in [3.05, 3.63) is 60.4 Å². The molecule has 1 aromatic carbocycles. The Hall–Kier alpha value is -4.45. The van der Waals surface area contributed by atoms with Crippen molar-refractivity contribution in [1.82, 2.24) is 29.3 Å². The molecule has 10 nitrogen and oxygen atoms in total. The minimum Gasteiger partial charge on any atom is -0.340 e. The van der Waals surface area contributed by atoms with Crippen LogP contribution in [0.1, 0.15) is 89.7 Å². The highest BCUT2D eigenvalue weighted by Crippen LogP contribution is 2.52. The van der Waals surface area contributed by atoms with Crippen molar-refractivity contribution in [1.29, 1.82) is 0 Å². The lowest BCUT2D eigenvalue weighted by atomic mass is 9.72. The number of amides is 2. The highest BCUT2D eigenvalue weighted by molar-refractivity contribution is 6.09. The van der Waals surface area contributed by atoms with Gasteiger partial charge in [-0.2, -0.15) is 0 Å². The lowest BCUT2D eigenvalue weighted by Crippen LogP contribution is -2.59. The van der Waals surface area contributed by atoms with Crippen LogP contribution in [0, 0.1) is 5.82 Å². The molecule has 2 saturated carbocycles. The van der Waals surface area contributed by atoms with Gasteiger partial charge in [0.15, 0.2) is 17.3 Å². The maximum absolute atomic E-state index is 15.2. The van der Waals surface area contributed by atoms with Gasteiger partial charge in [0.1, 0.15) is 5.52 Å². The topological polar surface area (TPSA) is 99.5 Å². The summed E-state index contributed by atoms with van der Waals surface area (Å²) in [7, 11) is 0. The maximum Gasteiger partial charge on any atom is 0.260 e. The number of piperidine rings is 2. The summed E-state index contributed by atoms with van der Waals surface area (Å²) < 4.78 is 32.0. The minimum absolute atomic E-state index is 0.0839. The van der Waals surface area contributed by atoms with E-state index in [2.05, 4.69) is 46.1 Å². The van der Waals surface area contributed by atoms with Crippen LogP contribution in [0.15, 0.2) is 49.1 Å². The Labute approximate surface area is 302 Å². The summed E-state index contributed by atoms with van der Waals surface area (Å²) in [4.78, 5) is 48.0. The maximum atomic E-state index is 15.2. The fourth-order valence-corrected chi connectivity index (χ4v) is 9.31. The zero-order chi connectivity index (χ0) is 35.8. The quantitative estimate of drug-likeness (QED) is 0.219. The molecule has 0 radical (unpaired) electrons. The highest BCUT2D eigenvalue weighted by Gasteiger charge is 2.57. The average Bonchev–Trinajstić information content (AvgIpc) is 3.66. The van der Waals surface area contributed by atoms with E-state index in [1.807, 2.05) is 16.7 Å². The van der Waals surface area contributed by atoms with Gasteiger partial charge < -0.3 is 24.6 Å². The number of aromatic nitrogens is 4. The normalized spacial score (nSPS) is 23.9. The molecule has 1 spiro atoms. The summed E-state index contributed by atoms with van der Waals surface area (Å²) in [5.41, 5.74) is 2.61. The molecule has 2 aliphatic carbocycles. The molecule has 0 atom stereocenters. The van der Waals surface area contributed by atoms with Gasteiger partial charge in [-0.1, -0.05) is 18.6 Å². The molecular weight excluding hydrogens is 662 g/mol. The van der Waals surface area contributed by atoms with E-state index in [9.17, 15) is 14.0 Å². The Morgan fingerprint density at radius 1 is 0.962 bits per heavy atom. The van der Waals surface area contributed by atoms with Gasteiger partial charge >= 0.3 is 0 Å². The fraction of sp³-hybridized carbons (Fsp3) is 0.525. The molecule has 9 rings (SSSR count). The zero-order valence-corrected chi connectivity index (χ0v) is 30.0. The number of hydrogen-bond donors (Lipinski definition) is 1. The molecule has 0 bridgehead atoms. The van der Waals surface area contributed by atoms with Gasteiger partial charge in [-0.15, -0.1) is 0 Å². The number of carbonyl (C=O) groups excluding carboxylic acids is 2. The van der Waals surface area contributed by atoms with Crippen molar-refractivity contribution in [2.24, 2.45) is 0 Å². The number of alkyl halides is 1. The number of imidazole rings is 1. The van der Waals surface area contributed by atoms with Crippen LogP contribution in [0.5, 0.6) is 0 Å². The first-order chi connectivity index (χ1) is 25.1. The lowest BCUT2D eigenvalue weighted by molar-refractivity contribution is -0.152. The molecule has 5 aliphatic rings. The number of pyridine rings is 2. The number of rotatable bonds is 7. The first kappa shape index (κ1) is 33.4. The molecule has 12 heteroatoms. The Morgan fingerprint density at radius 2 is 1.73 bits per heavy atom. The van der Waals surface area contributed by atoms with Crippen LogP contribution in [0.4, 0.5) is 26.0 Å². The molecule has 4 fully saturated rings. The van der Waals surface area contributed by atoms with Gasteiger partial charge in [0, 0.05) is 48.7 Å². The molecule has 2 amide bonds. The van der Waals surface area contributed by atoms with Crippen molar-refractivity contribution >= 4 is 40.0 Å². The summed E-state index contributed by atoms with van der Waals surface area (Å²) in [6, 6.07) is 10.4. The summed E-state index contributed by atoms with van der Waals surface area (Å²) in [5.74, 6) is -0.318. The summed E-state index contributed by atoms with van der Waals surface area (Å²) in [5, 5.41) is 3.21. The van der Waals surface area contributed by atoms with Crippen LogP contribution in [0.25, 0.3) is 22.3 Å². The molecule has 1 N–H and O–H groups in total. The Bertz CT molecular complexity index is 2040. The van der Waals surface area contributed by atoms with E-state index < -0.39 is 22.8 Å². The second-order valence-corrected chi connectivity index (χ2v) is 15.9. The third-order valence-corrected chi connectivity index (χ3v) is 12.6. The second kappa shape index (κ2) is 12.6. The van der Waals surface area contributed by atoms with Crippen LogP contribution in [0.3, 0.4) is 0 Å². The van der Waals surface area contributed by atoms with E-state index in [0.717, 1.165) is 60.2 Å². The smallest absolute Gasteiger partial charge is 0.260 e. The molecular formula is C40H46F2N8O2. The molecule has 4 aromatic rings. The monoisotopic (exact) mass is 708 g/mol. The molecule has 2 saturated heterocycles. The average molecular weight is 709 g/mol. The predicted octanol–water partition coefficient (Wildman–Crippen LogP) is 7.07. The number of fused-ring (bicyclic) bond motifs is 3. The van der Waals surface area contributed by atoms with Crippen molar-refractivity contribution in [3.8, 4) is 11.3 Å². The third kappa shape index (κ3) is 5.30. The Kier molecular flexibility index (Phi) is 8.09. The second-order valence-electron chi connectivity index (χ2n) is 15.9. The fourth-order valence-electron chi connectivity index (χ4n) is 9.31. The Morgan fingerprint density at radius 3 is 2.42 bits per heavy atom. The number of nitrogens with zero attached hydrogens (tertiary/aromatic N) is 7. The first-order valence-electron chi connectivity index (χ1n) is 19.1. The molecule has 272 valence electrons. The minimum atomic E-state index is -1.74.